The molecule has 0 atom stereocenters. The Morgan fingerprint density at radius 3 is 2.43 bits per heavy atom. The van der Waals surface area contributed by atoms with Crippen LogP contribution in [0.5, 0.6) is 11.5 Å². The molecule has 0 radical (unpaired) electrons. The quantitative estimate of drug-likeness (QED) is 0.330. The molecule has 0 spiro atoms. The Kier molecular flexibility index (Phi) is 8.76. The van der Waals surface area contributed by atoms with Crippen LogP contribution >= 0.6 is 11.6 Å². The Morgan fingerprint density at radius 2 is 1.77 bits per heavy atom. The highest BCUT2D eigenvalue weighted by Crippen LogP contribution is 2.28. The number of hydrogen-bond donors (Lipinski definition) is 2. The van der Waals surface area contributed by atoms with Gasteiger partial charge in [0.1, 0.15) is 0 Å². The summed E-state index contributed by atoms with van der Waals surface area (Å²) >= 11 is 6.20. The van der Waals surface area contributed by atoms with Crippen LogP contribution in [0.3, 0.4) is 0 Å². The maximum absolute atomic E-state index is 13.2. The van der Waals surface area contributed by atoms with Gasteiger partial charge in [0.2, 0.25) is 5.96 Å². The topological polar surface area (TPSA) is 89.8 Å². The second-order valence-corrected chi connectivity index (χ2v) is 8.44. The smallest absolute Gasteiger partial charge is 0.258 e. The molecule has 9 heteroatoms. The Morgan fingerprint density at radius 1 is 1.06 bits per heavy atom. The normalized spacial score (nSPS) is 11.3. The number of hydrogen-bond acceptors (Lipinski definition) is 5. The van der Waals surface area contributed by atoms with E-state index >= 15 is 0 Å². The Bertz CT molecular complexity index is 1240. The molecule has 1 amide bonds. The first-order valence-corrected chi connectivity index (χ1v) is 11.9. The summed E-state index contributed by atoms with van der Waals surface area (Å²) in [5.74, 6) is 1.07. The fourth-order valence-electron chi connectivity index (χ4n) is 3.54. The largest absolute Gasteiger partial charge is 0.490 e. The lowest BCUT2D eigenvalue weighted by Crippen LogP contribution is -2.36. The van der Waals surface area contributed by atoms with E-state index in [-0.39, 0.29) is 5.91 Å². The third-order valence-corrected chi connectivity index (χ3v) is 5.78. The molecule has 0 unspecified atom stereocenters. The summed E-state index contributed by atoms with van der Waals surface area (Å²) in [5.41, 5.74) is 5.05. The third-order valence-electron chi connectivity index (χ3n) is 5.54. The Balaban J connectivity index is 1.91. The number of benzene rings is 2. The fourth-order valence-corrected chi connectivity index (χ4v) is 3.72. The van der Waals surface area contributed by atoms with E-state index < -0.39 is 0 Å². The number of carbonyl (C=O) groups is 1. The first kappa shape index (κ1) is 26.1. The average Bonchev–Trinajstić information content (AvgIpc) is 3.06. The molecule has 0 aliphatic heterocycles. The molecule has 186 valence electrons. The molecule has 2 aromatic carbocycles. The zero-order valence-corrected chi connectivity index (χ0v) is 21.8. The fraction of sp³-hybridized carbons (Fsp3) is 0.346. The summed E-state index contributed by atoms with van der Waals surface area (Å²) in [6.45, 7) is 11.0. The predicted octanol–water partition coefficient (Wildman–Crippen LogP) is 5.19. The van der Waals surface area contributed by atoms with E-state index in [1.165, 1.54) is 0 Å². The minimum atomic E-state index is -0.334. The van der Waals surface area contributed by atoms with Gasteiger partial charge in [0.15, 0.2) is 11.5 Å². The van der Waals surface area contributed by atoms with Crippen LogP contribution in [0.4, 0.5) is 5.69 Å². The minimum Gasteiger partial charge on any atom is -0.490 e. The van der Waals surface area contributed by atoms with Crippen molar-refractivity contribution in [3.63, 3.8) is 0 Å². The van der Waals surface area contributed by atoms with Gasteiger partial charge in [0, 0.05) is 34.6 Å². The number of amides is 1. The van der Waals surface area contributed by atoms with Crippen molar-refractivity contribution in [2.24, 2.45) is 12.0 Å². The number of aromatic nitrogens is 2. The molecule has 0 aliphatic rings. The zero-order valence-electron chi connectivity index (χ0n) is 21.0. The zero-order chi connectivity index (χ0) is 25.5. The van der Waals surface area contributed by atoms with Gasteiger partial charge in [-0.3, -0.25) is 14.8 Å². The van der Waals surface area contributed by atoms with Gasteiger partial charge in [0.25, 0.3) is 5.91 Å². The molecule has 0 saturated carbocycles. The van der Waals surface area contributed by atoms with E-state index in [1.54, 1.807) is 24.3 Å². The highest BCUT2D eigenvalue weighted by atomic mass is 35.5. The first-order valence-electron chi connectivity index (χ1n) is 11.5. The number of nitrogens with one attached hydrogen (secondary N) is 2. The summed E-state index contributed by atoms with van der Waals surface area (Å²) in [6.07, 6.45) is 0. The van der Waals surface area contributed by atoms with E-state index in [9.17, 15) is 4.79 Å². The summed E-state index contributed by atoms with van der Waals surface area (Å²) in [5, 5.41) is 11.2. The molecule has 3 rings (SSSR count). The van der Waals surface area contributed by atoms with Crippen LogP contribution in [0.2, 0.25) is 5.02 Å². The van der Waals surface area contributed by atoms with Crippen LogP contribution in [0, 0.1) is 20.8 Å². The lowest BCUT2D eigenvalue weighted by Gasteiger charge is -2.15. The maximum Gasteiger partial charge on any atom is 0.258 e. The van der Waals surface area contributed by atoms with Gasteiger partial charge in [-0.2, -0.15) is 5.10 Å². The molecule has 3 aromatic rings. The van der Waals surface area contributed by atoms with Crippen molar-refractivity contribution < 1.29 is 14.3 Å². The number of carbonyl (C=O) groups excluding carboxylic acids is 1. The van der Waals surface area contributed by atoms with Gasteiger partial charge in [0.05, 0.1) is 25.5 Å². The molecule has 1 heterocycles. The van der Waals surface area contributed by atoms with Crippen LogP contribution in [0.15, 0.2) is 41.4 Å². The molecule has 2 N–H and O–H groups in total. The summed E-state index contributed by atoms with van der Waals surface area (Å²) in [4.78, 5) is 17.9. The van der Waals surface area contributed by atoms with Crippen molar-refractivity contribution >= 4 is 29.2 Å². The molecule has 0 bridgehead atoms. The summed E-state index contributed by atoms with van der Waals surface area (Å²) in [7, 11) is 1.90. The van der Waals surface area contributed by atoms with E-state index in [0.717, 1.165) is 28.2 Å². The second-order valence-electron chi connectivity index (χ2n) is 8.00. The van der Waals surface area contributed by atoms with Gasteiger partial charge in [-0.25, -0.2) is 4.99 Å². The molecule has 0 fully saturated rings. The SMILES string of the molecule is CCOc1ccc(C(=O)NC(=NCc2c(C)nn(C)c2C)Nc2cc(Cl)ccc2C)cc1OCC. The number of aliphatic imine (C=N–C) groups is 1. The Labute approximate surface area is 211 Å². The highest BCUT2D eigenvalue weighted by Gasteiger charge is 2.15. The van der Waals surface area contributed by atoms with Crippen molar-refractivity contribution in [2.45, 2.75) is 41.2 Å². The predicted molar refractivity (Wildman–Crippen MR) is 140 cm³/mol. The lowest BCUT2D eigenvalue weighted by atomic mass is 10.2. The molecular formula is C26H32ClN5O3. The Hall–Kier alpha value is -3.52. The average molecular weight is 498 g/mol. The summed E-state index contributed by atoms with van der Waals surface area (Å²) in [6, 6.07) is 10.6. The number of anilines is 1. The van der Waals surface area contributed by atoms with Gasteiger partial charge in [-0.15, -0.1) is 0 Å². The second kappa shape index (κ2) is 11.8. The first-order chi connectivity index (χ1) is 16.7. The minimum absolute atomic E-state index is 0.301. The number of rotatable bonds is 8. The van der Waals surface area contributed by atoms with Crippen molar-refractivity contribution in [2.75, 3.05) is 18.5 Å². The monoisotopic (exact) mass is 497 g/mol. The number of guanidine groups is 1. The standard InChI is InChI=1S/C26H32ClN5O3/c1-7-34-23-12-10-19(13-24(23)35-8-2)25(33)30-26(29-22-14-20(27)11-9-16(22)3)28-15-21-17(4)31-32(6)18(21)5/h9-14H,7-8,15H2,1-6H3,(H2,28,29,30,33). The van der Waals surface area contributed by atoms with Crippen molar-refractivity contribution in [3.05, 3.63) is 69.5 Å². The van der Waals surface area contributed by atoms with E-state index in [2.05, 4.69) is 20.7 Å². The highest BCUT2D eigenvalue weighted by molar-refractivity contribution is 6.31. The van der Waals surface area contributed by atoms with Gasteiger partial charge in [-0.05, 0) is 70.5 Å². The van der Waals surface area contributed by atoms with Crippen molar-refractivity contribution in [3.8, 4) is 11.5 Å². The lowest BCUT2D eigenvalue weighted by molar-refractivity contribution is 0.0976. The van der Waals surface area contributed by atoms with E-state index in [0.29, 0.717) is 47.8 Å². The van der Waals surface area contributed by atoms with E-state index in [1.807, 2.05) is 58.5 Å². The number of halogens is 1. The van der Waals surface area contributed by atoms with Crippen LogP contribution < -0.4 is 20.1 Å². The summed E-state index contributed by atoms with van der Waals surface area (Å²) < 4.78 is 13.1. The molecule has 8 nitrogen and oxygen atoms in total. The number of ether oxygens (including phenoxy) is 2. The molecule has 0 saturated heterocycles. The number of aryl methyl sites for hydroxylation is 3. The number of nitrogens with zero attached hydrogens (tertiary/aromatic N) is 3. The van der Waals surface area contributed by atoms with Crippen LogP contribution in [0.25, 0.3) is 0 Å². The third kappa shape index (κ3) is 6.54. The molecular weight excluding hydrogens is 466 g/mol. The van der Waals surface area contributed by atoms with Crippen molar-refractivity contribution in [1.29, 1.82) is 0 Å². The van der Waals surface area contributed by atoms with Gasteiger partial charge < -0.3 is 14.8 Å². The molecule has 1 aromatic heterocycles. The van der Waals surface area contributed by atoms with Crippen LogP contribution in [0.1, 0.15) is 46.7 Å². The van der Waals surface area contributed by atoms with Gasteiger partial charge >= 0.3 is 0 Å². The van der Waals surface area contributed by atoms with Gasteiger partial charge in [-0.1, -0.05) is 17.7 Å². The molecule has 0 aliphatic carbocycles. The molecule has 35 heavy (non-hydrogen) atoms. The van der Waals surface area contributed by atoms with Crippen LogP contribution in [-0.2, 0) is 13.6 Å². The van der Waals surface area contributed by atoms with Crippen LogP contribution in [-0.4, -0.2) is 34.9 Å². The maximum atomic E-state index is 13.2. The van der Waals surface area contributed by atoms with Crippen molar-refractivity contribution in [1.82, 2.24) is 15.1 Å². The van der Waals surface area contributed by atoms with E-state index in [4.69, 9.17) is 21.1 Å².